The second kappa shape index (κ2) is 10.8. The lowest BCUT2D eigenvalue weighted by molar-refractivity contribution is -0.274. The van der Waals surface area contributed by atoms with E-state index in [9.17, 15) is 23.1 Å². The molecule has 1 saturated heterocycles. The molecule has 0 radical (unpaired) electrons. The van der Waals surface area contributed by atoms with Crippen LogP contribution in [0.4, 0.5) is 29.2 Å². The van der Waals surface area contributed by atoms with Crippen LogP contribution in [0, 0.1) is 11.7 Å². The summed E-state index contributed by atoms with van der Waals surface area (Å²) < 4.78 is 57.2. The number of alkyl halides is 3. The van der Waals surface area contributed by atoms with E-state index in [2.05, 4.69) is 20.0 Å². The zero-order valence-corrected chi connectivity index (χ0v) is 19.4. The molecule has 0 bridgehead atoms. The normalized spacial score (nSPS) is 20.7. The van der Waals surface area contributed by atoms with Gasteiger partial charge < -0.3 is 25.8 Å². The Morgan fingerprint density at radius 2 is 2.06 bits per heavy atom. The van der Waals surface area contributed by atoms with Gasteiger partial charge in [0.15, 0.2) is 11.6 Å². The lowest BCUT2D eigenvalue weighted by Gasteiger charge is -2.35. The van der Waals surface area contributed by atoms with Crippen molar-refractivity contribution in [2.45, 2.75) is 44.3 Å². The number of anilines is 2. The number of halogens is 4. The van der Waals surface area contributed by atoms with Crippen molar-refractivity contribution in [2.75, 3.05) is 36.4 Å². The summed E-state index contributed by atoms with van der Waals surface area (Å²) in [5.41, 5.74) is 5.73. The van der Waals surface area contributed by atoms with Crippen molar-refractivity contribution in [1.82, 2.24) is 14.9 Å². The number of rotatable bonds is 10. The smallest absolute Gasteiger partial charge is 0.406 e. The Kier molecular flexibility index (Phi) is 7.79. The van der Waals surface area contributed by atoms with E-state index < -0.39 is 24.2 Å². The topological polar surface area (TPSA) is 117 Å². The predicted octanol–water partition coefficient (Wildman–Crippen LogP) is 2.26. The van der Waals surface area contributed by atoms with E-state index in [0.717, 1.165) is 12.8 Å². The Balaban J connectivity index is 1.43. The molecule has 0 spiro atoms. The average Bonchev–Trinajstić information content (AvgIpc) is 3.62. The number of carbonyl (C=O) groups is 1. The fourth-order valence-electron chi connectivity index (χ4n) is 4.36. The maximum absolute atomic E-state index is 15.4. The number of aliphatic hydroxyl groups is 1. The third-order valence-corrected chi connectivity index (χ3v) is 6.23. The number of carbonyl (C=O) groups excluding carboxylic acids is 1. The largest absolute Gasteiger partial charge is 0.573 e. The number of nitrogens with zero attached hydrogens (tertiary/aromatic N) is 4. The number of hydrogen-bond donors (Lipinski definition) is 3. The molecule has 2 aromatic rings. The molecule has 1 aliphatic carbocycles. The molecule has 13 heteroatoms. The summed E-state index contributed by atoms with van der Waals surface area (Å²) in [7, 11) is 0. The molecule has 2 unspecified atom stereocenters. The van der Waals surface area contributed by atoms with Crippen molar-refractivity contribution in [3.8, 4) is 5.75 Å². The summed E-state index contributed by atoms with van der Waals surface area (Å²) in [4.78, 5) is 22.7. The van der Waals surface area contributed by atoms with E-state index in [-0.39, 0.29) is 49.0 Å². The van der Waals surface area contributed by atoms with E-state index in [4.69, 9.17) is 5.73 Å². The molecule has 2 aliphatic rings. The lowest BCUT2D eigenvalue weighted by atomic mass is 9.93. The number of aliphatic hydroxyl groups excluding tert-OH is 1. The minimum Gasteiger partial charge on any atom is -0.406 e. The van der Waals surface area contributed by atoms with E-state index in [1.807, 2.05) is 0 Å². The zero-order chi connectivity index (χ0) is 25.9. The maximum Gasteiger partial charge on any atom is 0.573 e. The highest BCUT2D eigenvalue weighted by Crippen LogP contribution is 2.35. The van der Waals surface area contributed by atoms with Crippen LogP contribution < -0.4 is 20.7 Å². The van der Waals surface area contributed by atoms with E-state index in [0.29, 0.717) is 25.1 Å². The highest BCUT2D eigenvalue weighted by molar-refractivity contribution is 5.75. The Bertz CT molecular complexity index is 1070. The van der Waals surface area contributed by atoms with Crippen molar-refractivity contribution in [3.05, 3.63) is 42.0 Å². The molecule has 196 valence electrons. The summed E-state index contributed by atoms with van der Waals surface area (Å²) >= 11 is 0. The lowest BCUT2D eigenvalue weighted by Crippen LogP contribution is -2.48. The van der Waals surface area contributed by atoms with Gasteiger partial charge in [0.2, 0.25) is 11.7 Å². The van der Waals surface area contributed by atoms with Crippen LogP contribution in [0.5, 0.6) is 5.75 Å². The fourth-order valence-corrected chi connectivity index (χ4v) is 4.36. The molecule has 2 atom stereocenters. The number of β-amino-alcohol motifs (C(OH)–C–C–N with tert-alkyl or cyclic N) is 1. The summed E-state index contributed by atoms with van der Waals surface area (Å²) in [5.74, 6) is -1.63. The number of likely N-dealkylation sites (tertiary alicyclic amines) is 1. The first-order valence-corrected chi connectivity index (χ1v) is 11.6. The van der Waals surface area contributed by atoms with Gasteiger partial charge in [0.25, 0.3) is 0 Å². The third-order valence-electron chi connectivity index (χ3n) is 6.23. The number of amides is 1. The highest BCUT2D eigenvalue weighted by Gasteiger charge is 2.34. The SMILES string of the molecule is NC(=O)CN1CCC(CNc2ncnc(N(Cc3cccc(OC(F)(F)F)c3)C3CC3)c2F)C(O)C1. The molecule has 9 nitrogen and oxygen atoms in total. The van der Waals surface area contributed by atoms with Crippen LogP contribution in [-0.4, -0.2) is 70.6 Å². The Morgan fingerprint density at radius 3 is 2.72 bits per heavy atom. The summed E-state index contributed by atoms with van der Waals surface area (Å²) in [5, 5.41) is 13.4. The van der Waals surface area contributed by atoms with Crippen molar-refractivity contribution >= 4 is 17.5 Å². The second-order valence-corrected chi connectivity index (χ2v) is 9.11. The van der Waals surface area contributed by atoms with Gasteiger partial charge in [-0.25, -0.2) is 9.97 Å². The fraction of sp³-hybridized carbons (Fsp3) is 0.522. The minimum absolute atomic E-state index is 0.00541. The molecular weight excluding hydrogens is 484 g/mol. The maximum atomic E-state index is 15.4. The van der Waals surface area contributed by atoms with Crippen molar-refractivity contribution in [1.29, 1.82) is 0 Å². The second-order valence-electron chi connectivity index (χ2n) is 9.11. The monoisotopic (exact) mass is 512 g/mol. The van der Waals surface area contributed by atoms with Gasteiger partial charge >= 0.3 is 6.36 Å². The van der Waals surface area contributed by atoms with Crippen LogP contribution in [0.1, 0.15) is 24.8 Å². The number of piperidine rings is 1. The van der Waals surface area contributed by atoms with E-state index in [1.165, 1.54) is 24.5 Å². The third kappa shape index (κ3) is 6.94. The molecule has 1 aromatic heterocycles. The van der Waals surface area contributed by atoms with Crippen molar-refractivity contribution in [3.63, 3.8) is 0 Å². The van der Waals surface area contributed by atoms with Crippen LogP contribution in [0.15, 0.2) is 30.6 Å². The molecule has 1 amide bonds. The average molecular weight is 513 g/mol. The number of benzene rings is 1. The number of aromatic nitrogens is 2. The van der Waals surface area contributed by atoms with Gasteiger partial charge in [0.05, 0.1) is 12.6 Å². The number of nitrogens with one attached hydrogen (secondary N) is 1. The number of hydrogen-bond acceptors (Lipinski definition) is 8. The van der Waals surface area contributed by atoms with Gasteiger partial charge in [-0.05, 0) is 43.5 Å². The number of ether oxygens (including phenoxy) is 1. The highest BCUT2D eigenvalue weighted by atomic mass is 19.4. The summed E-state index contributed by atoms with van der Waals surface area (Å²) in [6, 6.07) is 5.57. The molecule has 2 fully saturated rings. The van der Waals surface area contributed by atoms with Gasteiger partial charge in [0, 0.05) is 31.6 Å². The van der Waals surface area contributed by atoms with Crippen molar-refractivity contribution < 1.29 is 32.2 Å². The molecule has 2 heterocycles. The zero-order valence-electron chi connectivity index (χ0n) is 19.4. The summed E-state index contributed by atoms with van der Waals surface area (Å²) in [6.45, 7) is 1.35. The Hall–Kier alpha value is -3.19. The number of primary amides is 1. The van der Waals surface area contributed by atoms with Crippen LogP contribution in [0.25, 0.3) is 0 Å². The van der Waals surface area contributed by atoms with Crippen LogP contribution in [0.3, 0.4) is 0 Å². The van der Waals surface area contributed by atoms with Gasteiger partial charge in [-0.15, -0.1) is 13.2 Å². The minimum atomic E-state index is -4.81. The summed E-state index contributed by atoms with van der Waals surface area (Å²) in [6.07, 6.45) is -2.09. The first-order valence-electron chi connectivity index (χ1n) is 11.6. The van der Waals surface area contributed by atoms with Gasteiger partial charge in [-0.1, -0.05) is 12.1 Å². The predicted molar refractivity (Wildman–Crippen MR) is 123 cm³/mol. The molecule has 1 aromatic carbocycles. The number of nitrogens with two attached hydrogens (primary N) is 1. The molecule has 36 heavy (non-hydrogen) atoms. The molecular formula is C23H28F4N6O3. The van der Waals surface area contributed by atoms with Crippen LogP contribution >= 0.6 is 0 Å². The first-order chi connectivity index (χ1) is 17.1. The van der Waals surface area contributed by atoms with Crippen LogP contribution in [0.2, 0.25) is 0 Å². The quantitative estimate of drug-likeness (QED) is 0.415. The van der Waals surface area contributed by atoms with E-state index >= 15 is 4.39 Å². The first kappa shape index (κ1) is 25.9. The van der Waals surface area contributed by atoms with Gasteiger partial charge in [-0.2, -0.15) is 4.39 Å². The van der Waals surface area contributed by atoms with Crippen molar-refractivity contribution in [2.24, 2.45) is 11.7 Å². The molecule has 4 N–H and O–H groups in total. The molecule has 1 aliphatic heterocycles. The standard InChI is InChI=1S/C23H28F4N6O3/c24-20-21(29-9-15-6-7-32(11-18(15)34)12-19(28)35)30-13-31-22(20)33(16-4-5-16)10-14-2-1-3-17(8-14)36-23(25,26)27/h1-3,8,13,15-16,18,34H,4-7,9-12H2,(H2,28,35)(H,29,30,31). The molecule has 4 rings (SSSR count). The Morgan fingerprint density at radius 1 is 1.28 bits per heavy atom. The van der Waals surface area contributed by atoms with Gasteiger partial charge in [-0.3, -0.25) is 9.69 Å². The van der Waals surface area contributed by atoms with E-state index in [1.54, 1.807) is 15.9 Å². The van der Waals surface area contributed by atoms with Crippen LogP contribution in [-0.2, 0) is 11.3 Å². The van der Waals surface area contributed by atoms with Gasteiger partial charge in [0.1, 0.15) is 12.1 Å². The Labute approximate surface area is 205 Å². The molecule has 1 saturated carbocycles.